The van der Waals surface area contributed by atoms with Crippen molar-refractivity contribution in [3.63, 3.8) is 0 Å². The number of ether oxygens (including phenoxy) is 1. The molecule has 0 N–H and O–H groups in total. The average molecular weight is 341 g/mol. The number of aromatic nitrogens is 2. The van der Waals surface area contributed by atoms with Gasteiger partial charge in [0.2, 0.25) is 5.95 Å². The number of likely N-dealkylation sites (tertiary alicyclic amines) is 1. The van der Waals surface area contributed by atoms with E-state index in [9.17, 15) is 4.79 Å². The van der Waals surface area contributed by atoms with E-state index in [0.717, 1.165) is 25.2 Å². The van der Waals surface area contributed by atoms with Gasteiger partial charge in [0.05, 0.1) is 0 Å². The lowest BCUT2D eigenvalue weighted by Crippen LogP contribution is -2.36. The molecule has 1 amide bonds. The summed E-state index contributed by atoms with van der Waals surface area (Å²) < 4.78 is 5.42. The van der Waals surface area contributed by atoms with Gasteiger partial charge in [0.25, 0.3) is 0 Å². The Morgan fingerprint density at radius 2 is 2.17 bits per heavy atom. The van der Waals surface area contributed by atoms with Crippen molar-refractivity contribution in [1.82, 2.24) is 14.9 Å². The minimum Gasteiger partial charge on any atom is -0.444 e. The molecule has 0 saturated carbocycles. The molecular formula is C16H25ClN4O2. The summed E-state index contributed by atoms with van der Waals surface area (Å²) in [6.45, 7) is 9.73. The highest BCUT2D eigenvalue weighted by atomic mass is 35.5. The fraction of sp³-hybridized carbons (Fsp3) is 0.688. The zero-order valence-corrected chi connectivity index (χ0v) is 15.2. The lowest BCUT2D eigenvalue weighted by Gasteiger charge is -2.25. The van der Waals surface area contributed by atoms with E-state index in [1.165, 1.54) is 0 Å². The van der Waals surface area contributed by atoms with Crippen LogP contribution >= 0.6 is 11.6 Å². The van der Waals surface area contributed by atoms with Crippen LogP contribution in [0, 0.1) is 12.8 Å². The van der Waals surface area contributed by atoms with E-state index in [2.05, 4.69) is 9.97 Å². The Labute approximate surface area is 142 Å². The summed E-state index contributed by atoms with van der Waals surface area (Å²) in [5.74, 6) is 0.987. The van der Waals surface area contributed by atoms with Crippen LogP contribution in [0.5, 0.6) is 0 Å². The number of aryl methyl sites for hydroxylation is 1. The zero-order chi connectivity index (χ0) is 17.2. The molecule has 1 atom stereocenters. The fourth-order valence-corrected chi connectivity index (χ4v) is 2.86. The lowest BCUT2D eigenvalue weighted by atomic mass is 10.1. The van der Waals surface area contributed by atoms with Crippen LogP contribution in [-0.4, -0.2) is 53.2 Å². The molecule has 0 aromatic carbocycles. The Hall–Kier alpha value is -1.56. The second-order valence-corrected chi connectivity index (χ2v) is 7.48. The van der Waals surface area contributed by atoms with Crippen molar-refractivity contribution >= 4 is 23.6 Å². The van der Waals surface area contributed by atoms with Crippen molar-refractivity contribution in [2.24, 2.45) is 5.92 Å². The molecule has 1 unspecified atom stereocenters. The summed E-state index contributed by atoms with van der Waals surface area (Å²) in [5, 5.41) is 0.446. The van der Waals surface area contributed by atoms with Crippen LogP contribution in [-0.2, 0) is 4.74 Å². The maximum atomic E-state index is 12.1. The number of hydrogen-bond acceptors (Lipinski definition) is 5. The van der Waals surface area contributed by atoms with E-state index in [1.54, 1.807) is 11.0 Å². The average Bonchev–Trinajstić information content (AvgIpc) is 2.84. The van der Waals surface area contributed by atoms with Crippen molar-refractivity contribution in [2.75, 3.05) is 31.6 Å². The Kier molecular flexibility index (Phi) is 5.34. The van der Waals surface area contributed by atoms with Gasteiger partial charge < -0.3 is 14.5 Å². The van der Waals surface area contributed by atoms with Crippen LogP contribution < -0.4 is 4.90 Å². The lowest BCUT2D eigenvalue weighted by molar-refractivity contribution is 0.0288. The molecule has 2 heterocycles. The van der Waals surface area contributed by atoms with Crippen molar-refractivity contribution in [3.8, 4) is 0 Å². The summed E-state index contributed by atoms with van der Waals surface area (Å²) in [5.41, 5.74) is 0.381. The highest BCUT2D eigenvalue weighted by Crippen LogP contribution is 2.22. The third-order valence-electron chi connectivity index (χ3n) is 3.62. The van der Waals surface area contributed by atoms with Crippen LogP contribution in [0.4, 0.5) is 10.7 Å². The molecule has 1 saturated heterocycles. The van der Waals surface area contributed by atoms with E-state index < -0.39 is 5.60 Å². The number of carbonyl (C=O) groups is 1. The first-order valence-electron chi connectivity index (χ1n) is 7.84. The summed E-state index contributed by atoms with van der Waals surface area (Å²) in [7, 11) is 1.95. The second kappa shape index (κ2) is 6.91. The van der Waals surface area contributed by atoms with Gasteiger partial charge in [-0.25, -0.2) is 14.8 Å². The first-order valence-corrected chi connectivity index (χ1v) is 8.22. The molecule has 0 spiro atoms. The van der Waals surface area contributed by atoms with Crippen LogP contribution in [0.2, 0.25) is 5.15 Å². The Bertz CT molecular complexity index is 553. The van der Waals surface area contributed by atoms with Crippen molar-refractivity contribution < 1.29 is 9.53 Å². The quantitative estimate of drug-likeness (QED) is 0.791. The van der Waals surface area contributed by atoms with Gasteiger partial charge in [-0.05, 0) is 46.1 Å². The van der Waals surface area contributed by atoms with Crippen molar-refractivity contribution in [1.29, 1.82) is 0 Å². The maximum absolute atomic E-state index is 12.1. The zero-order valence-electron chi connectivity index (χ0n) is 14.5. The standard InChI is InChI=1S/C16H25ClN4O2/c1-11-8-13(17)19-14(18-11)20(5)9-12-6-7-21(10-12)15(22)23-16(2,3)4/h8,12H,6-7,9-10H2,1-5H3. The molecule has 7 heteroatoms. The Morgan fingerprint density at radius 3 is 2.78 bits per heavy atom. The maximum Gasteiger partial charge on any atom is 0.410 e. The molecule has 1 aromatic rings. The third kappa shape index (κ3) is 5.23. The Balaban J connectivity index is 1.91. The molecule has 1 aliphatic heterocycles. The molecule has 23 heavy (non-hydrogen) atoms. The summed E-state index contributed by atoms with van der Waals surface area (Å²) >= 11 is 5.99. The fourth-order valence-electron chi connectivity index (χ4n) is 2.63. The topological polar surface area (TPSA) is 58.6 Å². The molecule has 0 bridgehead atoms. The molecule has 1 aromatic heterocycles. The van der Waals surface area contributed by atoms with E-state index >= 15 is 0 Å². The van der Waals surface area contributed by atoms with E-state index in [4.69, 9.17) is 16.3 Å². The normalized spacial score (nSPS) is 18.2. The van der Waals surface area contributed by atoms with Crippen LogP contribution in [0.15, 0.2) is 6.07 Å². The highest BCUT2D eigenvalue weighted by Gasteiger charge is 2.30. The van der Waals surface area contributed by atoms with Gasteiger partial charge in [-0.1, -0.05) is 11.6 Å². The molecular weight excluding hydrogens is 316 g/mol. The van der Waals surface area contributed by atoms with Crippen molar-refractivity contribution in [3.05, 3.63) is 16.9 Å². The number of anilines is 1. The van der Waals surface area contributed by atoms with Crippen LogP contribution in [0.3, 0.4) is 0 Å². The van der Waals surface area contributed by atoms with Gasteiger partial charge in [-0.15, -0.1) is 0 Å². The highest BCUT2D eigenvalue weighted by molar-refractivity contribution is 6.29. The number of nitrogens with zero attached hydrogens (tertiary/aromatic N) is 4. The number of halogens is 1. The number of hydrogen-bond donors (Lipinski definition) is 0. The molecule has 128 valence electrons. The molecule has 1 fully saturated rings. The largest absolute Gasteiger partial charge is 0.444 e. The number of rotatable bonds is 3. The first kappa shape index (κ1) is 17.8. The van der Waals surface area contributed by atoms with Crippen LogP contribution in [0.1, 0.15) is 32.9 Å². The molecule has 6 nitrogen and oxygen atoms in total. The third-order valence-corrected chi connectivity index (χ3v) is 3.82. The van der Waals surface area contributed by atoms with Gasteiger partial charge in [-0.2, -0.15) is 0 Å². The molecule has 2 rings (SSSR count). The monoisotopic (exact) mass is 340 g/mol. The summed E-state index contributed by atoms with van der Waals surface area (Å²) in [4.78, 5) is 24.5. The predicted molar refractivity (Wildman–Crippen MR) is 91.0 cm³/mol. The van der Waals surface area contributed by atoms with Gasteiger partial charge in [0.15, 0.2) is 0 Å². The Morgan fingerprint density at radius 1 is 1.48 bits per heavy atom. The SMILES string of the molecule is Cc1cc(Cl)nc(N(C)CC2CCN(C(=O)OC(C)(C)C)C2)n1. The number of carbonyl (C=O) groups excluding carboxylic acids is 1. The first-order chi connectivity index (χ1) is 10.6. The van der Waals surface area contributed by atoms with E-state index in [0.29, 0.717) is 23.6 Å². The van der Waals surface area contributed by atoms with Gasteiger partial charge in [0, 0.05) is 32.4 Å². The second-order valence-electron chi connectivity index (χ2n) is 7.09. The smallest absolute Gasteiger partial charge is 0.410 e. The molecule has 0 aliphatic carbocycles. The van der Waals surface area contributed by atoms with Gasteiger partial charge in [0.1, 0.15) is 10.8 Å². The summed E-state index contributed by atoms with van der Waals surface area (Å²) in [6, 6.07) is 1.73. The van der Waals surface area contributed by atoms with Crippen molar-refractivity contribution in [2.45, 2.75) is 39.7 Å². The molecule has 1 aliphatic rings. The summed E-state index contributed by atoms with van der Waals surface area (Å²) in [6.07, 6.45) is 0.709. The minimum absolute atomic E-state index is 0.238. The minimum atomic E-state index is -0.460. The van der Waals surface area contributed by atoms with E-state index in [-0.39, 0.29) is 6.09 Å². The van der Waals surface area contributed by atoms with E-state index in [1.807, 2.05) is 39.6 Å². The van der Waals surface area contributed by atoms with Crippen LogP contribution in [0.25, 0.3) is 0 Å². The molecule has 0 radical (unpaired) electrons. The number of amides is 1. The predicted octanol–water partition coefficient (Wildman–Crippen LogP) is 3.13. The van der Waals surface area contributed by atoms with Gasteiger partial charge in [-0.3, -0.25) is 0 Å². The van der Waals surface area contributed by atoms with Gasteiger partial charge >= 0.3 is 6.09 Å².